The Kier molecular flexibility index (Phi) is 4.33. The van der Waals surface area contributed by atoms with Gasteiger partial charge >= 0.3 is 0 Å². The summed E-state index contributed by atoms with van der Waals surface area (Å²) in [5.74, 6) is 1.02. The Morgan fingerprint density at radius 2 is 2.30 bits per heavy atom. The lowest BCUT2D eigenvalue weighted by atomic mass is 10.3. The van der Waals surface area contributed by atoms with Gasteiger partial charge < -0.3 is 14.6 Å². The summed E-state index contributed by atoms with van der Waals surface area (Å²) in [7, 11) is 1.54. The zero-order chi connectivity index (χ0) is 16.2. The molecule has 0 spiro atoms. The predicted octanol–water partition coefficient (Wildman–Crippen LogP) is 2.44. The third-order valence-electron chi connectivity index (χ3n) is 3.01. The molecule has 8 heteroatoms. The van der Waals surface area contributed by atoms with Crippen molar-refractivity contribution in [1.82, 2.24) is 20.4 Å². The van der Waals surface area contributed by atoms with Crippen LogP contribution in [0.2, 0.25) is 0 Å². The van der Waals surface area contributed by atoms with Crippen LogP contribution in [0.1, 0.15) is 20.4 Å². The molecule has 0 radical (unpaired) electrons. The van der Waals surface area contributed by atoms with Gasteiger partial charge in [-0.2, -0.15) is 4.98 Å². The highest BCUT2D eigenvalue weighted by Crippen LogP contribution is 2.28. The summed E-state index contributed by atoms with van der Waals surface area (Å²) in [6.07, 6.45) is 1.65. The van der Waals surface area contributed by atoms with Gasteiger partial charge in [-0.15, -0.1) is 11.3 Å². The smallest absolute Gasteiger partial charge is 0.265 e. The van der Waals surface area contributed by atoms with E-state index < -0.39 is 0 Å². The fraction of sp³-hybridized carbons (Fsp3) is 0.200. The topological polar surface area (TPSA) is 90.1 Å². The first kappa shape index (κ1) is 15.2. The molecule has 0 aromatic carbocycles. The van der Waals surface area contributed by atoms with Gasteiger partial charge in [-0.3, -0.25) is 9.78 Å². The Morgan fingerprint density at radius 3 is 3.04 bits per heavy atom. The molecule has 3 aromatic rings. The molecule has 7 nitrogen and oxygen atoms in total. The minimum absolute atomic E-state index is 0.138. The Balaban J connectivity index is 1.67. The Morgan fingerprint density at radius 1 is 1.43 bits per heavy atom. The molecule has 0 aliphatic rings. The van der Waals surface area contributed by atoms with Crippen LogP contribution < -0.4 is 10.1 Å². The second kappa shape index (κ2) is 6.57. The van der Waals surface area contributed by atoms with Crippen molar-refractivity contribution in [3.63, 3.8) is 0 Å². The SMILES string of the molecule is COc1cc(C)sc1C(=O)NCc1nc(-c2ccccn2)no1. The summed E-state index contributed by atoms with van der Waals surface area (Å²) in [5, 5.41) is 6.60. The summed E-state index contributed by atoms with van der Waals surface area (Å²) in [5.41, 5.74) is 0.615. The number of thiophene rings is 1. The highest BCUT2D eigenvalue weighted by atomic mass is 32.1. The van der Waals surface area contributed by atoms with Gasteiger partial charge in [0.1, 0.15) is 16.3 Å². The van der Waals surface area contributed by atoms with Crippen molar-refractivity contribution in [3.8, 4) is 17.3 Å². The second-order valence-electron chi connectivity index (χ2n) is 4.66. The lowest BCUT2D eigenvalue weighted by Crippen LogP contribution is -2.22. The molecule has 0 unspecified atom stereocenters. The Hall–Kier alpha value is -2.74. The maximum atomic E-state index is 12.2. The predicted molar refractivity (Wildman–Crippen MR) is 84.3 cm³/mol. The van der Waals surface area contributed by atoms with Crippen molar-refractivity contribution in [2.24, 2.45) is 0 Å². The summed E-state index contributed by atoms with van der Waals surface area (Å²) in [6.45, 7) is 2.06. The van der Waals surface area contributed by atoms with E-state index in [9.17, 15) is 4.79 Å². The molecule has 3 heterocycles. The van der Waals surface area contributed by atoms with Gasteiger partial charge in [0, 0.05) is 11.1 Å². The van der Waals surface area contributed by atoms with E-state index in [1.54, 1.807) is 18.3 Å². The first-order valence-electron chi connectivity index (χ1n) is 6.84. The molecule has 0 bridgehead atoms. The lowest BCUT2D eigenvalue weighted by Gasteiger charge is -2.02. The standard InChI is InChI=1S/C15H14N4O3S/c1-9-7-11(21-2)13(23-9)15(20)17-8-12-18-14(19-22-12)10-5-3-4-6-16-10/h3-7H,8H2,1-2H3,(H,17,20). The van der Waals surface area contributed by atoms with Crippen LogP contribution in [0.15, 0.2) is 35.0 Å². The molecule has 118 valence electrons. The highest BCUT2D eigenvalue weighted by Gasteiger charge is 2.17. The van der Waals surface area contributed by atoms with Crippen LogP contribution in [0.25, 0.3) is 11.5 Å². The van der Waals surface area contributed by atoms with Gasteiger partial charge in [0.15, 0.2) is 0 Å². The Labute approximate surface area is 136 Å². The highest BCUT2D eigenvalue weighted by molar-refractivity contribution is 7.14. The van der Waals surface area contributed by atoms with Gasteiger partial charge in [-0.25, -0.2) is 0 Å². The zero-order valence-corrected chi connectivity index (χ0v) is 13.4. The number of nitrogens with one attached hydrogen (secondary N) is 1. The van der Waals surface area contributed by atoms with Crippen LogP contribution in [0.5, 0.6) is 5.75 Å². The molecule has 0 saturated carbocycles. The molecular formula is C15H14N4O3S. The van der Waals surface area contributed by atoms with E-state index >= 15 is 0 Å². The van der Waals surface area contributed by atoms with Gasteiger partial charge in [0.2, 0.25) is 11.7 Å². The molecule has 0 saturated heterocycles. The largest absolute Gasteiger partial charge is 0.495 e. The van der Waals surface area contributed by atoms with Gasteiger partial charge in [-0.1, -0.05) is 11.2 Å². The number of pyridine rings is 1. The number of carbonyl (C=O) groups excluding carboxylic acids is 1. The summed E-state index contributed by atoms with van der Waals surface area (Å²) >= 11 is 1.37. The van der Waals surface area contributed by atoms with Crippen LogP contribution in [-0.4, -0.2) is 28.1 Å². The van der Waals surface area contributed by atoms with Gasteiger partial charge in [0.05, 0.1) is 13.7 Å². The number of ether oxygens (including phenoxy) is 1. The Bertz CT molecular complexity index is 813. The third-order valence-corrected chi connectivity index (χ3v) is 4.04. The molecule has 3 aromatic heterocycles. The van der Waals surface area contributed by atoms with Crippen molar-refractivity contribution < 1.29 is 14.1 Å². The van der Waals surface area contributed by atoms with Gasteiger partial charge in [-0.05, 0) is 25.1 Å². The number of hydrogen-bond acceptors (Lipinski definition) is 7. The number of aryl methyl sites for hydroxylation is 1. The molecule has 0 aliphatic heterocycles. The van der Waals surface area contributed by atoms with E-state index in [0.29, 0.717) is 28.0 Å². The minimum Gasteiger partial charge on any atom is -0.495 e. The van der Waals surface area contributed by atoms with Crippen molar-refractivity contribution >= 4 is 17.2 Å². The van der Waals surface area contributed by atoms with Crippen LogP contribution in [0.3, 0.4) is 0 Å². The average Bonchev–Trinajstić information content (AvgIpc) is 3.20. The third kappa shape index (κ3) is 3.37. The second-order valence-corrected chi connectivity index (χ2v) is 5.92. The number of amides is 1. The number of methoxy groups -OCH3 is 1. The van der Waals surface area contributed by atoms with E-state index in [-0.39, 0.29) is 12.5 Å². The monoisotopic (exact) mass is 330 g/mol. The summed E-state index contributed by atoms with van der Waals surface area (Å²) in [4.78, 5) is 22.1. The lowest BCUT2D eigenvalue weighted by molar-refractivity contribution is 0.0947. The van der Waals surface area contributed by atoms with E-state index in [1.165, 1.54) is 18.4 Å². The molecule has 1 N–H and O–H groups in total. The number of hydrogen-bond donors (Lipinski definition) is 1. The summed E-state index contributed by atoms with van der Waals surface area (Å²) in [6, 6.07) is 7.25. The summed E-state index contributed by atoms with van der Waals surface area (Å²) < 4.78 is 10.3. The van der Waals surface area contributed by atoms with E-state index in [2.05, 4.69) is 20.4 Å². The van der Waals surface area contributed by atoms with Crippen LogP contribution in [-0.2, 0) is 6.54 Å². The fourth-order valence-corrected chi connectivity index (χ4v) is 2.86. The van der Waals surface area contributed by atoms with Gasteiger partial charge in [0.25, 0.3) is 5.91 Å². The molecular weight excluding hydrogens is 316 g/mol. The van der Waals surface area contributed by atoms with Crippen LogP contribution in [0.4, 0.5) is 0 Å². The first-order chi connectivity index (χ1) is 11.2. The van der Waals surface area contributed by atoms with E-state index in [0.717, 1.165) is 4.88 Å². The normalized spacial score (nSPS) is 10.5. The average molecular weight is 330 g/mol. The molecule has 23 heavy (non-hydrogen) atoms. The van der Waals surface area contributed by atoms with Crippen molar-refractivity contribution in [2.45, 2.75) is 13.5 Å². The molecule has 1 amide bonds. The molecule has 3 rings (SSSR count). The fourth-order valence-electron chi connectivity index (χ4n) is 1.96. The number of aromatic nitrogens is 3. The molecule has 0 aliphatic carbocycles. The van der Waals surface area contributed by atoms with Crippen molar-refractivity contribution in [3.05, 3.63) is 46.1 Å². The van der Waals surface area contributed by atoms with Crippen LogP contribution >= 0.6 is 11.3 Å². The molecule has 0 fully saturated rings. The van der Waals surface area contributed by atoms with Crippen LogP contribution in [0, 0.1) is 6.92 Å². The van der Waals surface area contributed by atoms with E-state index in [4.69, 9.17) is 9.26 Å². The minimum atomic E-state index is -0.238. The molecule has 0 atom stereocenters. The number of carbonyl (C=O) groups is 1. The number of nitrogens with zero attached hydrogens (tertiary/aromatic N) is 3. The van der Waals surface area contributed by atoms with E-state index in [1.807, 2.05) is 19.1 Å². The zero-order valence-electron chi connectivity index (χ0n) is 12.6. The van der Waals surface area contributed by atoms with Crippen molar-refractivity contribution in [1.29, 1.82) is 0 Å². The maximum Gasteiger partial charge on any atom is 0.265 e. The number of rotatable bonds is 5. The van der Waals surface area contributed by atoms with Crippen molar-refractivity contribution in [2.75, 3.05) is 7.11 Å². The maximum absolute atomic E-state index is 12.2. The quantitative estimate of drug-likeness (QED) is 0.773. The first-order valence-corrected chi connectivity index (χ1v) is 7.65.